The first-order valence-electron chi connectivity index (χ1n) is 10.7. The topological polar surface area (TPSA) is 94.6 Å². The van der Waals surface area contributed by atoms with Gasteiger partial charge in [0.15, 0.2) is 11.5 Å². The molecule has 3 aromatic rings. The third-order valence-electron chi connectivity index (χ3n) is 5.26. The molecule has 1 amide bonds. The molecule has 1 atom stereocenters. The van der Waals surface area contributed by atoms with Gasteiger partial charge in [-0.1, -0.05) is 0 Å². The minimum absolute atomic E-state index is 0.131. The number of carbonyl (C=O) groups is 1. The number of methoxy groups -OCH3 is 3. The van der Waals surface area contributed by atoms with Gasteiger partial charge in [0.25, 0.3) is 0 Å². The minimum atomic E-state index is -0.599. The summed E-state index contributed by atoms with van der Waals surface area (Å²) in [6.07, 6.45) is 8.49. The molecule has 1 aromatic carbocycles. The number of nitrogens with one attached hydrogen (secondary N) is 2. The van der Waals surface area contributed by atoms with E-state index in [4.69, 9.17) is 14.2 Å². The zero-order valence-electron chi connectivity index (χ0n) is 19.2. The van der Waals surface area contributed by atoms with Crippen molar-refractivity contribution in [1.82, 2.24) is 20.6 Å². The highest BCUT2D eigenvalue weighted by Gasteiger charge is 2.24. The molecule has 0 aliphatic carbocycles. The normalized spacial score (nSPS) is 11.5. The fourth-order valence-corrected chi connectivity index (χ4v) is 3.52. The fraction of sp³-hybridized carbons (Fsp3) is 0.320. The maximum Gasteiger partial charge on any atom is 0.241 e. The van der Waals surface area contributed by atoms with Crippen LogP contribution < -0.4 is 24.8 Å². The van der Waals surface area contributed by atoms with Crippen molar-refractivity contribution in [3.05, 3.63) is 77.9 Å². The lowest BCUT2D eigenvalue weighted by molar-refractivity contribution is -0.123. The van der Waals surface area contributed by atoms with E-state index in [-0.39, 0.29) is 5.91 Å². The molecule has 0 radical (unpaired) electrons. The Bertz CT molecular complexity index is 990. The first-order valence-corrected chi connectivity index (χ1v) is 10.7. The fourth-order valence-electron chi connectivity index (χ4n) is 3.52. The van der Waals surface area contributed by atoms with Crippen LogP contribution in [0.3, 0.4) is 0 Å². The summed E-state index contributed by atoms with van der Waals surface area (Å²) in [6.45, 7) is 1.11. The second-order valence-corrected chi connectivity index (χ2v) is 7.35. The van der Waals surface area contributed by atoms with Gasteiger partial charge in [0, 0.05) is 37.9 Å². The van der Waals surface area contributed by atoms with Crippen LogP contribution in [0.25, 0.3) is 0 Å². The van der Waals surface area contributed by atoms with Crippen LogP contribution >= 0.6 is 0 Å². The maximum absolute atomic E-state index is 13.2. The number of hydrogen-bond acceptors (Lipinski definition) is 7. The molecule has 2 heterocycles. The van der Waals surface area contributed by atoms with E-state index < -0.39 is 6.04 Å². The summed E-state index contributed by atoms with van der Waals surface area (Å²) in [4.78, 5) is 21.3. The standard InChI is InChI=1S/C25H30N4O4/c1-31-21-16-20(17-22(32-2)24(21)33-3)23(28-14-8-18-4-10-26-11-5-18)25(30)29-15-9-19-6-12-27-13-7-19/h4-7,10-13,16-17,23,28H,8-9,14-15H2,1-3H3,(H,29,30). The molecule has 0 fully saturated rings. The van der Waals surface area contributed by atoms with Crippen LogP contribution in [-0.4, -0.2) is 50.3 Å². The van der Waals surface area contributed by atoms with E-state index in [9.17, 15) is 4.79 Å². The van der Waals surface area contributed by atoms with Gasteiger partial charge in [-0.15, -0.1) is 0 Å². The van der Waals surface area contributed by atoms with Crippen molar-refractivity contribution in [2.24, 2.45) is 0 Å². The highest BCUT2D eigenvalue weighted by atomic mass is 16.5. The summed E-state index contributed by atoms with van der Waals surface area (Å²) in [5.41, 5.74) is 2.97. The number of ether oxygens (including phenoxy) is 3. The molecule has 0 saturated heterocycles. The highest BCUT2D eigenvalue weighted by molar-refractivity contribution is 5.83. The lowest BCUT2D eigenvalue weighted by Crippen LogP contribution is -2.39. The summed E-state index contributed by atoms with van der Waals surface area (Å²) in [5.74, 6) is 1.35. The molecule has 0 saturated carbocycles. The number of carbonyl (C=O) groups excluding carboxylic acids is 1. The smallest absolute Gasteiger partial charge is 0.241 e. The third-order valence-corrected chi connectivity index (χ3v) is 5.26. The lowest BCUT2D eigenvalue weighted by atomic mass is 10.0. The molecular formula is C25H30N4O4. The average molecular weight is 451 g/mol. The van der Waals surface area contributed by atoms with Crippen molar-refractivity contribution in [2.45, 2.75) is 18.9 Å². The molecule has 2 N–H and O–H groups in total. The number of rotatable bonds is 12. The van der Waals surface area contributed by atoms with E-state index in [1.165, 1.54) is 0 Å². The van der Waals surface area contributed by atoms with Crippen molar-refractivity contribution < 1.29 is 19.0 Å². The van der Waals surface area contributed by atoms with Crippen LogP contribution in [0.4, 0.5) is 0 Å². The first kappa shape index (κ1) is 24.0. The summed E-state index contributed by atoms with van der Waals surface area (Å²) in [6, 6.07) is 10.8. The molecule has 0 aliphatic rings. The SMILES string of the molecule is COc1cc(C(NCCc2ccncc2)C(=O)NCCc2ccncc2)cc(OC)c1OC. The molecule has 174 valence electrons. The monoisotopic (exact) mass is 450 g/mol. The summed E-state index contributed by atoms with van der Waals surface area (Å²) < 4.78 is 16.4. The molecular weight excluding hydrogens is 420 g/mol. The Labute approximate surface area is 194 Å². The van der Waals surface area contributed by atoms with Crippen LogP contribution in [0.5, 0.6) is 17.2 Å². The van der Waals surface area contributed by atoms with E-state index >= 15 is 0 Å². The van der Waals surface area contributed by atoms with E-state index in [1.54, 1.807) is 58.2 Å². The second-order valence-electron chi connectivity index (χ2n) is 7.35. The van der Waals surface area contributed by atoms with Gasteiger partial charge >= 0.3 is 0 Å². The zero-order chi connectivity index (χ0) is 23.5. The zero-order valence-corrected chi connectivity index (χ0v) is 19.2. The number of pyridine rings is 2. The number of nitrogens with zero attached hydrogens (tertiary/aromatic N) is 2. The highest BCUT2D eigenvalue weighted by Crippen LogP contribution is 2.39. The second kappa shape index (κ2) is 12.4. The summed E-state index contributed by atoms with van der Waals surface area (Å²) >= 11 is 0. The lowest BCUT2D eigenvalue weighted by Gasteiger charge is -2.21. The van der Waals surface area contributed by atoms with Gasteiger partial charge in [-0.05, 0) is 65.9 Å². The average Bonchev–Trinajstić information content (AvgIpc) is 2.86. The van der Waals surface area contributed by atoms with Gasteiger partial charge in [-0.3, -0.25) is 14.8 Å². The van der Waals surface area contributed by atoms with E-state index in [0.29, 0.717) is 36.8 Å². The molecule has 0 bridgehead atoms. The van der Waals surface area contributed by atoms with Crippen molar-refractivity contribution >= 4 is 5.91 Å². The Hall–Kier alpha value is -3.65. The molecule has 1 unspecified atom stereocenters. The van der Waals surface area contributed by atoms with Gasteiger partial charge < -0.3 is 24.8 Å². The summed E-state index contributed by atoms with van der Waals surface area (Å²) in [5, 5.41) is 6.42. The molecule has 33 heavy (non-hydrogen) atoms. The predicted molar refractivity (Wildman–Crippen MR) is 126 cm³/mol. The first-order chi connectivity index (χ1) is 16.2. The van der Waals surface area contributed by atoms with Gasteiger partial charge in [0.2, 0.25) is 11.7 Å². The Morgan fingerprint density at radius 1 is 0.818 bits per heavy atom. The van der Waals surface area contributed by atoms with Crippen molar-refractivity contribution in [2.75, 3.05) is 34.4 Å². The van der Waals surface area contributed by atoms with E-state index in [1.807, 2.05) is 24.3 Å². The quantitative estimate of drug-likeness (QED) is 0.438. The molecule has 8 heteroatoms. The number of benzene rings is 1. The molecule has 2 aromatic heterocycles. The van der Waals surface area contributed by atoms with Crippen molar-refractivity contribution in [3.63, 3.8) is 0 Å². The maximum atomic E-state index is 13.2. The minimum Gasteiger partial charge on any atom is -0.493 e. The molecule has 0 aliphatic heterocycles. The van der Waals surface area contributed by atoms with Gasteiger partial charge in [-0.25, -0.2) is 0 Å². The molecule has 8 nitrogen and oxygen atoms in total. The molecule has 3 rings (SSSR count). The number of aromatic nitrogens is 2. The third kappa shape index (κ3) is 6.66. The van der Waals surface area contributed by atoms with E-state index in [2.05, 4.69) is 20.6 Å². The Kier molecular flexibility index (Phi) is 9.02. The summed E-state index contributed by atoms with van der Waals surface area (Å²) in [7, 11) is 4.67. The van der Waals surface area contributed by atoms with Crippen LogP contribution in [0, 0.1) is 0 Å². The van der Waals surface area contributed by atoms with Gasteiger partial charge in [-0.2, -0.15) is 0 Å². The Morgan fingerprint density at radius 2 is 1.33 bits per heavy atom. The Morgan fingerprint density at radius 3 is 1.82 bits per heavy atom. The van der Waals surface area contributed by atoms with Crippen LogP contribution in [0.15, 0.2) is 61.2 Å². The predicted octanol–water partition coefficient (Wildman–Crippen LogP) is 2.73. The van der Waals surface area contributed by atoms with Crippen molar-refractivity contribution in [3.8, 4) is 17.2 Å². The van der Waals surface area contributed by atoms with Gasteiger partial charge in [0.05, 0.1) is 21.3 Å². The largest absolute Gasteiger partial charge is 0.493 e. The van der Waals surface area contributed by atoms with Crippen LogP contribution in [0.2, 0.25) is 0 Å². The van der Waals surface area contributed by atoms with E-state index in [0.717, 1.165) is 23.1 Å². The Balaban J connectivity index is 1.77. The molecule has 0 spiro atoms. The van der Waals surface area contributed by atoms with Gasteiger partial charge in [0.1, 0.15) is 6.04 Å². The van der Waals surface area contributed by atoms with Crippen LogP contribution in [-0.2, 0) is 17.6 Å². The van der Waals surface area contributed by atoms with Crippen LogP contribution in [0.1, 0.15) is 22.7 Å². The van der Waals surface area contributed by atoms with Crippen molar-refractivity contribution in [1.29, 1.82) is 0 Å². The number of hydrogen-bond donors (Lipinski definition) is 2. The number of amides is 1.